The summed E-state index contributed by atoms with van der Waals surface area (Å²) in [5.74, 6) is 0. The van der Waals surface area contributed by atoms with Crippen LogP contribution in [0.2, 0.25) is 0 Å². The van der Waals surface area contributed by atoms with Crippen LogP contribution in [0.5, 0.6) is 0 Å². The van der Waals surface area contributed by atoms with Gasteiger partial charge >= 0.3 is 6.03 Å². The maximum Gasteiger partial charge on any atom is 0.315 e. The fourth-order valence-corrected chi connectivity index (χ4v) is 1.48. The van der Waals surface area contributed by atoms with Crippen LogP contribution in [-0.4, -0.2) is 31.3 Å². The van der Waals surface area contributed by atoms with Gasteiger partial charge in [0.25, 0.3) is 0 Å². The van der Waals surface area contributed by atoms with E-state index in [0.29, 0.717) is 12.6 Å². The van der Waals surface area contributed by atoms with Crippen LogP contribution in [0.25, 0.3) is 0 Å². The summed E-state index contributed by atoms with van der Waals surface area (Å²) in [6.07, 6.45) is 4.70. The van der Waals surface area contributed by atoms with Crippen LogP contribution >= 0.6 is 0 Å². The Morgan fingerprint density at radius 3 is 2.85 bits per heavy atom. The molecule has 2 fully saturated rings. The van der Waals surface area contributed by atoms with Crippen LogP contribution in [0.3, 0.4) is 0 Å². The molecule has 0 spiro atoms. The lowest BCUT2D eigenvalue weighted by Gasteiger charge is -2.10. The maximum absolute atomic E-state index is 11.2. The lowest BCUT2D eigenvalue weighted by atomic mass is 10.2. The van der Waals surface area contributed by atoms with Crippen molar-refractivity contribution in [2.75, 3.05) is 13.2 Å². The number of hydrogen-bond donors (Lipinski definition) is 2. The van der Waals surface area contributed by atoms with Crippen molar-refractivity contribution in [3.63, 3.8) is 0 Å². The van der Waals surface area contributed by atoms with Crippen LogP contribution in [0.4, 0.5) is 4.79 Å². The molecule has 0 aromatic carbocycles. The molecular weight excluding hydrogens is 168 g/mol. The topological polar surface area (TPSA) is 50.4 Å². The minimum Gasteiger partial charge on any atom is -0.376 e. The fraction of sp³-hybridized carbons (Fsp3) is 0.889. The molecule has 0 aromatic rings. The Morgan fingerprint density at radius 2 is 2.23 bits per heavy atom. The van der Waals surface area contributed by atoms with Gasteiger partial charge in [-0.3, -0.25) is 0 Å². The predicted octanol–water partition coefficient (Wildman–Crippen LogP) is 0.627. The molecule has 74 valence electrons. The van der Waals surface area contributed by atoms with Crippen LogP contribution in [0.1, 0.15) is 25.7 Å². The summed E-state index contributed by atoms with van der Waals surface area (Å²) in [6.45, 7) is 1.50. The van der Waals surface area contributed by atoms with Gasteiger partial charge in [0.05, 0.1) is 6.10 Å². The van der Waals surface area contributed by atoms with E-state index in [2.05, 4.69) is 10.6 Å². The minimum atomic E-state index is -0.0435. The molecule has 4 nitrogen and oxygen atoms in total. The molecule has 2 rings (SSSR count). The smallest absolute Gasteiger partial charge is 0.315 e. The van der Waals surface area contributed by atoms with Gasteiger partial charge in [0, 0.05) is 19.2 Å². The van der Waals surface area contributed by atoms with E-state index >= 15 is 0 Å². The van der Waals surface area contributed by atoms with E-state index in [-0.39, 0.29) is 12.1 Å². The number of urea groups is 1. The van der Waals surface area contributed by atoms with Crippen molar-refractivity contribution in [3.05, 3.63) is 0 Å². The fourth-order valence-electron chi connectivity index (χ4n) is 1.48. The Kier molecular flexibility index (Phi) is 2.68. The third-order valence-corrected chi connectivity index (χ3v) is 2.43. The molecule has 2 N–H and O–H groups in total. The van der Waals surface area contributed by atoms with Gasteiger partial charge in [0.2, 0.25) is 0 Å². The minimum absolute atomic E-state index is 0.0435. The summed E-state index contributed by atoms with van der Waals surface area (Å²) in [5, 5.41) is 5.69. The van der Waals surface area contributed by atoms with E-state index in [9.17, 15) is 4.79 Å². The summed E-state index contributed by atoms with van der Waals surface area (Å²) >= 11 is 0. The molecule has 0 aromatic heterocycles. The number of hydrogen-bond acceptors (Lipinski definition) is 2. The molecule has 1 saturated heterocycles. The highest BCUT2D eigenvalue weighted by molar-refractivity contribution is 5.74. The molecule has 4 heteroatoms. The van der Waals surface area contributed by atoms with E-state index in [4.69, 9.17) is 4.74 Å². The summed E-state index contributed by atoms with van der Waals surface area (Å²) in [7, 11) is 0. The van der Waals surface area contributed by atoms with Crippen molar-refractivity contribution in [3.8, 4) is 0 Å². The second-order valence-corrected chi connectivity index (χ2v) is 3.76. The average Bonchev–Trinajstić information content (AvgIpc) is 2.78. The standard InChI is InChI=1S/C9H16N2O2/c12-9(11-7-3-4-7)10-6-8-2-1-5-13-8/h7-8H,1-6H2,(H2,10,11,12)/t8-/m1/s1. The summed E-state index contributed by atoms with van der Waals surface area (Å²) in [6, 6.07) is 0.391. The lowest BCUT2D eigenvalue weighted by Crippen LogP contribution is -2.40. The number of amides is 2. The molecule has 1 atom stereocenters. The first-order valence-corrected chi connectivity index (χ1v) is 5.00. The molecule has 0 bridgehead atoms. The number of rotatable bonds is 3. The number of ether oxygens (including phenoxy) is 1. The zero-order valence-electron chi connectivity index (χ0n) is 7.71. The SMILES string of the molecule is O=C(NC[C@H]1CCCO1)NC1CC1. The molecule has 1 saturated carbocycles. The van der Waals surface area contributed by atoms with Crippen molar-refractivity contribution in [1.29, 1.82) is 0 Å². The highest BCUT2D eigenvalue weighted by Gasteiger charge is 2.23. The monoisotopic (exact) mass is 184 g/mol. The summed E-state index contributed by atoms with van der Waals surface area (Å²) in [4.78, 5) is 11.2. The normalized spacial score (nSPS) is 27.2. The van der Waals surface area contributed by atoms with Gasteiger partial charge in [-0.2, -0.15) is 0 Å². The van der Waals surface area contributed by atoms with Gasteiger partial charge < -0.3 is 15.4 Å². The van der Waals surface area contributed by atoms with E-state index in [1.165, 1.54) is 0 Å². The highest BCUT2D eigenvalue weighted by atomic mass is 16.5. The van der Waals surface area contributed by atoms with Crippen molar-refractivity contribution >= 4 is 6.03 Å². The Hall–Kier alpha value is -0.770. The van der Waals surface area contributed by atoms with Crippen LogP contribution in [0, 0.1) is 0 Å². The average molecular weight is 184 g/mol. The Labute approximate surface area is 78.0 Å². The van der Waals surface area contributed by atoms with E-state index in [1.807, 2.05) is 0 Å². The van der Waals surface area contributed by atoms with Gasteiger partial charge in [0.15, 0.2) is 0 Å². The molecule has 0 radical (unpaired) electrons. The molecule has 0 unspecified atom stereocenters. The van der Waals surface area contributed by atoms with Crippen LogP contribution in [-0.2, 0) is 4.74 Å². The zero-order chi connectivity index (χ0) is 9.10. The molecule has 1 aliphatic heterocycles. The Bertz CT molecular complexity index is 186. The Balaban J connectivity index is 1.57. The van der Waals surface area contributed by atoms with Crippen molar-refractivity contribution < 1.29 is 9.53 Å². The zero-order valence-corrected chi connectivity index (χ0v) is 7.71. The number of carbonyl (C=O) groups is 1. The third-order valence-electron chi connectivity index (χ3n) is 2.43. The lowest BCUT2D eigenvalue weighted by molar-refractivity contribution is 0.111. The number of carbonyl (C=O) groups excluding carboxylic acids is 1. The number of nitrogens with one attached hydrogen (secondary N) is 2. The third kappa shape index (κ3) is 2.88. The van der Waals surface area contributed by atoms with Gasteiger partial charge in [-0.1, -0.05) is 0 Å². The molecule has 13 heavy (non-hydrogen) atoms. The highest BCUT2D eigenvalue weighted by Crippen LogP contribution is 2.18. The summed E-state index contributed by atoms with van der Waals surface area (Å²) < 4.78 is 5.38. The molecular formula is C9H16N2O2. The van der Waals surface area contributed by atoms with Gasteiger partial charge in [-0.25, -0.2) is 4.79 Å². The first-order valence-electron chi connectivity index (χ1n) is 5.00. The quantitative estimate of drug-likeness (QED) is 0.675. The molecule has 1 aliphatic carbocycles. The largest absolute Gasteiger partial charge is 0.376 e. The van der Waals surface area contributed by atoms with Gasteiger partial charge in [-0.05, 0) is 25.7 Å². The second kappa shape index (κ2) is 3.96. The molecule has 2 amide bonds. The first kappa shape index (κ1) is 8.81. The van der Waals surface area contributed by atoms with Crippen molar-refractivity contribution in [2.45, 2.75) is 37.8 Å². The second-order valence-electron chi connectivity index (χ2n) is 3.76. The van der Waals surface area contributed by atoms with Crippen LogP contribution in [0.15, 0.2) is 0 Å². The first-order chi connectivity index (χ1) is 6.34. The predicted molar refractivity (Wildman–Crippen MR) is 48.5 cm³/mol. The van der Waals surface area contributed by atoms with Gasteiger partial charge in [-0.15, -0.1) is 0 Å². The van der Waals surface area contributed by atoms with E-state index in [1.54, 1.807) is 0 Å². The summed E-state index contributed by atoms with van der Waals surface area (Å²) in [5.41, 5.74) is 0. The Morgan fingerprint density at radius 1 is 1.38 bits per heavy atom. The molecule has 1 heterocycles. The van der Waals surface area contributed by atoms with Crippen molar-refractivity contribution in [2.24, 2.45) is 0 Å². The molecule has 2 aliphatic rings. The van der Waals surface area contributed by atoms with Crippen molar-refractivity contribution in [1.82, 2.24) is 10.6 Å². The maximum atomic E-state index is 11.2. The van der Waals surface area contributed by atoms with E-state index < -0.39 is 0 Å². The van der Waals surface area contributed by atoms with E-state index in [0.717, 1.165) is 32.3 Å². The van der Waals surface area contributed by atoms with Crippen LogP contribution < -0.4 is 10.6 Å². The van der Waals surface area contributed by atoms with Gasteiger partial charge in [0.1, 0.15) is 0 Å².